The topological polar surface area (TPSA) is 23.6 Å². The average molecular weight is 196 g/mol. The summed E-state index contributed by atoms with van der Waals surface area (Å²) in [6.07, 6.45) is 1.27. The summed E-state index contributed by atoms with van der Waals surface area (Å²) in [5.41, 5.74) is 0.454. The van der Waals surface area contributed by atoms with Crippen LogP contribution in [0.2, 0.25) is 0 Å². The Bertz CT molecular complexity index is 244. The maximum Gasteiger partial charge on any atom is 0.219 e. The van der Waals surface area contributed by atoms with E-state index in [1.54, 1.807) is 6.92 Å². The quantitative estimate of drug-likeness (QED) is 0.623. The molecule has 0 bridgehead atoms. The lowest BCUT2D eigenvalue weighted by Gasteiger charge is -2.48. The Kier molecular flexibility index (Phi) is 2.30. The number of amides is 1. The number of nitrogens with zero attached hydrogens (tertiary/aromatic N) is 2. The molecule has 0 unspecified atom stereocenters. The van der Waals surface area contributed by atoms with Crippen LogP contribution >= 0.6 is 0 Å². The molecule has 1 amide bonds. The minimum Gasteiger partial charge on any atom is -0.342 e. The summed E-state index contributed by atoms with van der Waals surface area (Å²) in [7, 11) is 0. The lowest BCUT2D eigenvalue weighted by Crippen LogP contribution is -2.59. The van der Waals surface area contributed by atoms with Gasteiger partial charge in [-0.05, 0) is 26.8 Å². The molecule has 3 nitrogen and oxygen atoms in total. The van der Waals surface area contributed by atoms with E-state index < -0.39 is 0 Å². The van der Waals surface area contributed by atoms with Crippen molar-refractivity contribution in [2.24, 2.45) is 5.41 Å². The van der Waals surface area contributed by atoms with Gasteiger partial charge in [0.1, 0.15) is 0 Å². The van der Waals surface area contributed by atoms with Gasteiger partial charge < -0.3 is 9.80 Å². The Morgan fingerprint density at radius 3 is 2.36 bits per heavy atom. The fourth-order valence-corrected chi connectivity index (χ4v) is 2.65. The van der Waals surface area contributed by atoms with Crippen molar-refractivity contribution >= 4 is 5.91 Å². The minimum atomic E-state index is 0.235. The largest absolute Gasteiger partial charge is 0.342 e. The molecular formula is C11H20N2O. The number of hydrogen-bond acceptors (Lipinski definition) is 2. The zero-order valence-corrected chi connectivity index (χ0v) is 9.42. The maximum atomic E-state index is 11.1. The van der Waals surface area contributed by atoms with Crippen molar-refractivity contribution in [1.82, 2.24) is 9.80 Å². The Morgan fingerprint density at radius 1 is 1.29 bits per heavy atom. The highest BCUT2D eigenvalue weighted by atomic mass is 16.2. The van der Waals surface area contributed by atoms with Crippen LogP contribution in [0.15, 0.2) is 0 Å². The molecule has 3 heteroatoms. The molecule has 0 aromatic heterocycles. The van der Waals surface area contributed by atoms with Crippen molar-refractivity contribution in [1.29, 1.82) is 0 Å². The third kappa shape index (κ3) is 1.54. The zero-order chi connectivity index (χ0) is 10.3. The molecule has 2 aliphatic rings. The van der Waals surface area contributed by atoms with Crippen LogP contribution in [0.1, 0.15) is 27.2 Å². The minimum absolute atomic E-state index is 0.235. The Labute approximate surface area is 86.1 Å². The molecule has 2 rings (SSSR count). The molecule has 2 aliphatic heterocycles. The summed E-state index contributed by atoms with van der Waals surface area (Å²) in [6, 6.07) is 0.653. The summed E-state index contributed by atoms with van der Waals surface area (Å²) in [5, 5.41) is 0. The molecule has 0 radical (unpaired) electrons. The normalized spacial score (nSPS) is 25.9. The van der Waals surface area contributed by atoms with E-state index in [-0.39, 0.29) is 5.91 Å². The second-order valence-electron chi connectivity index (χ2n) is 5.19. The van der Waals surface area contributed by atoms with Gasteiger partial charge in [-0.15, -0.1) is 0 Å². The molecule has 0 aromatic rings. The summed E-state index contributed by atoms with van der Waals surface area (Å²) in [5.74, 6) is 0.235. The van der Waals surface area contributed by atoms with Crippen LogP contribution in [0.5, 0.6) is 0 Å². The van der Waals surface area contributed by atoms with E-state index >= 15 is 0 Å². The van der Waals surface area contributed by atoms with Crippen LogP contribution < -0.4 is 0 Å². The van der Waals surface area contributed by atoms with Crippen LogP contribution in [0.4, 0.5) is 0 Å². The Balaban J connectivity index is 1.88. The summed E-state index contributed by atoms with van der Waals surface area (Å²) in [4.78, 5) is 15.6. The van der Waals surface area contributed by atoms with E-state index in [4.69, 9.17) is 0 Å². The van der Waals surface area contributed by atoms with Crippen molar-refractivity contribution in [2.45, 2.75) is 33.2 Å². The summed E-state index contributed by atoms with van der Waals surface area (Å²) >= 11 is 0. The fourth-order valence-electron chi connectivity index (χ4n) is 2.65. The first kappa shape index (κ1) is 9.97. The number of carbonyl (C=O) groups excluding carboxylic acids is 1. The van der Waals surface area contributed by atoms with Crippen molar-refractivity contribution in [3.05, 3.63) is 0 Å². The number of rotatable bonds is 1. The second kappa shape index (κ2) is 3.23. The Morgan fingerprint density at radius 2 is 1.93 bits per heavy atom. The van der Waals surface area contributed by atoms with E-state index in [2.05, 4.69) is 18.7 Å². The van der Waals surface area contributed by atoms with Crippen LogP contribution in [-0.4, -0.2) is 47.9 Å². The summed E-state index contributed by atoms with van der Waals surface area (Å²) in [6.45, 7) is 10.6. The van der Waals surface area contributed by atoms with Gasteiger partial charge in [0.2, 0.25) is 5.91 Å². The molecule has 80 valence electrons. The molecule has 0 saturated carbocycles. The van der Waals surface area contributed by atoms with E-state index in [9.17, 15) is 4.79 Å². The molecule has 0 aliphatic carbocycles. The monoisotopic (exact) mass is 196 g/mol. The van der Waals surface area contributed by atoms with Gasteiger partial charge in [0, 0.05) is 38.0 Å². The van der Waals surface area contributed by atoms with Gasteiger partial charge in [0.25, 0.3) is 0 Å². The highest BCUT2D eigenvalue weighted by Gasteiger charge is 2.48. The Hall–Kier alpha value is -0.570. The van der Waals surface area contributed by atoms with Crippen LogP contribution in [0.25, 0.3) is 0 Å². The third-order valence-corrected chi connectivity index (χ3v) is 3.70. The molecule has 2 heterocycles. The van der Waals surface area contributed by atoms with Gasteiger partial charge in [-0.1, -0.05) is 0 Å². The average Bonchev–Trinajstić information content (AvgIpc) is 2.44. The molecule has 0 N–H and O–H groups in total. The highest BCUT2D eigenvalue weighted by Crippen LogP contribution is 2.39. The van der Waals surface area contributed by atoms with Gasteiger partial charge >= 0.3 is 0 Å². The molecule has 14 heavy (non-hydrogen) atoms. The van der Waals surface area contributed by atoms with Crippen molar-refractivity contribution < 1.29 is 4.79 Å². The van der Waals surface area contributed by atoms with E-state index in [1.807, 2.05) is 4.90 Å². The first-order valence-electron chi connectivity index (χ1n) is 5.52. The lowest BCUT2D eigenvalue weighted by molar-refractivity contribution is -0.140. The molecule has 0 aromatic carbocycles. The van der Waals surface area contributed by atoms with Gasteiger partial charge in [-0.25, -0.2) is 0 Å². The molecule has 2 saturated heterocycles. The fraction of sp³-hybridized carbons (Fsp3) is 0.909. The zero-order valence-electron chi connectivity index (χ0n) is 9.42. The van der Waals surface area contributed by atoms with Crippen LogP contribution in [0, 0.1) is 5.41 Å². The standard InChI is InChI=1S/C11H20N2O/c1-9(2)12-5-4-11(6-12)7-13(8-11)10(3)14/h9H,4-8H2,1-3H3. The first-order chi connectivity index (χ1) is 6.52. The summed E-state index contributed by atoms with van der Waals surface area (Å²) < 4.78 is 0. The van der Waals surface area contributed by atoms with Gasteiger partial charge in [-0.2, -0.15) is 0 Å². The van der Waals surface area contributed by atoms with E-state index in [0.717, 1.165) is 13.1 Å². The number of likely N-dealkylation sites (tertiary alicyclic amines) is 2. The van der Waals surface area contributed by atoms with E-state index in [0.29, 0.717) is 11.5 Å². The molecule has 1 spiro atoms. The molecular weight excluding hydrogens is 176 g/mol. The highest BCUT2D eigenvalue weighted by molar-refractivity contribution is 5.74. The molecule has 0 atom stereocenters. The first-order valence-corrected chi connectivity index (χ1v) is 5.52. The van der Waals surface area contributed by atoms with E-state index in [1.165, 1.54) is 19.5 Å². The van der Waals surface area contributed by atoms with Crippen molar-refractivity contribution in [3.8, 4) is 0 Å². The van der Waals surface area contributed by atoms with Crippen molar-refractivity contribution in [2.75, 3.05) is 26.2 Å². The smallest absolute Gasteiger partial charge is 0.219 e. The predicted octanol–water partition coefficient (Wildman–Crippen LogP) is 0.949. The molecule has 2 fully saturated rings. The van der Waals surface area contributed by atoms with Gasteiger partial charge in [0.05, 0.1) is 0 Å². The van der Waals surface area contributed by atoms with Gasteiger partial charge in [-0.3, -0.25) is 4.79 Å². The number of hydrogen-bond donors (Lipinski definition) is 0. The van der Waals surface area contributed by atoms with Crippen LogP contribution in [0.3, 0.4) is 0 Å². The third-order valence-electron chi connectivity index (χ3n) is 3.70. The lowest BCUT2D eigenvalue weighted by atomic mass is 9.79. The second-order valence-corrected chi connectivity index (χ2v) is 5.19. The maximum absolute atomic E-state index is 11.1. The van der Waals surface area contributed by atoms with Gasteiger partial charge in [0.15, 0.2) is 0 Å². The number of carbonyl (C=O) groups is 1. The van der Waals surface area contributed by atoms with Crippen molar-refractivity contribution in [3.63, 3.8) is 0 Å². The SMILES string of the molecule is CC(=O)N1CC2(CCN(C(C)C)C2)C1. The van der Waals surface area contributed by atoms with Crippen LogP contribution in [-0.2, 0) is 4.79 Å². The predicted molar refractivity (Wildman–Crippen MR) is 56.0 cm³/mol.